The van der Waals surface area contributed by atoms with E-state index in [1.165, 1.54) is 96.3 Å². The third-order valence-electron chi connectivity index (χ3n) is 5.31. The van der Waals surface area contributed by atoms with Crippen molar-refractivity contribution in [3.05, 3.63) is 0 Å². The summed E-state index contributed by atoms with van der Waals surface area (Å²) in [6.07, 6.45) is 19.9. The average Bonchev–Trinajstić information content (AvgIpc) is 2.63. The predicted molar refractivity (Wildman–Crippen MR) is 128 cm³/mol. The number of unbranched alkanes of at least 4 members (excludes halogenated alkanes) is 6. The van der Waals surface area contributed by atoms with Gasteiger partial charge in [0.25, 0.3) is 0 Å². The lowest BCUT2D eigenvalue weighted by Crippen LogP contribution is -2.19. The zero-order valence-electron chi connectivity index (χ0n) is 19.9. The van der Waals surface area contributed by atoms with E-state index >= 15 is 0 Å². The van der Waals surface area contributed by atoms with Gasteiger partial charge in [-0.3, -0.25) is 0 Å². The van der Waals surface area contributed by atoms with E-state index in [1.807, 2.05) is 0 Å². The molecule has 4 heteroatoms. The fourth-order valence-corrected chi connectivity index (χ4v) is 3.40. The van der Waals surface area contributed by atoms with Crippen molar-refractivity contribution in [2.24, 2.45) is 22.9 Å². The lowest BCUT2D eigenvalue weighted by atomic mass is 10.0. The van der Waals surface area contributed by atoms with E-state index in [4.69, 9.17) is 22.9 Å². The molecule has 0 saturated carbocycles. The predicted octanol–water partition coefficient (Wildman–Crippen LogP) is 5.60. The monoisotopic (exact) mass is 400 g/mol. The fourth-order valence-electron chi connectivity index (χ4n) is 3.40. The smallest absolute Gasteiger partial charge is 0.00388 e. The van der Waals surface area contributed by atoms with Crippen LogP contribution in [0.2, 0.25) is 0 Å². The Morgan fingerprint density at radius 1 is 0.429 bits per heavy atom. The first-order chi connectivity index (χ1) is 13.3. The van der Waals surface area contributed by atoms with Gasteiger partial charge < -0.3 is 22.9 Å². The van der Waals surface area contributed by atoms with Crippen molar-refractivity contribution in [3.8, 4) is 0 Å². The van der Waals surface area contributed by atoms with Crippen LogP contribution >= 0.6 is 0 Å². The molecule has 4 unspecified atom stereocenters. The van der Waals surface area contributed by atoms with E-state index in [2.05, 4.69) is 27.7 Å². The maximum absolute atomic E-state index is 5.98. The minimum atomic E-state index is 0.365. The van der Waals surface area contributed by atoms with Gasteiger partial charge in [-0.2, -0.15) is 0 Å². The fraction of sp³-hybridized carbons (Fsp3) is 1.00. The van der Waals surface area contributed by atoms with Crippen LogP contribution in [0.1, 0.15) is 130 Å². The molecule has 0 saturated heterocycles. The molecule has 28 heavy (non-hydrogen) atoms. The minimum Gasteiger partial charge on any atom is -0.328 e. The summed E-state index contributed by atoms with van der Waals surface area (Å²) in [4.78, 5) is 0. The lowest BCUT2D eigenvalue weighted by Gasteiger charge is -2.10. The molecule has 8 N–H and O–H groups in total. The van der Waals surface area contributed by atoms with Gasteiger partial charge in [0.1, 0.15) is 0 Å². The summed E-state index contributed by atoms with van der Waals surface area (Å²) in [5.41, 5.74) is 23.3. The Balaban J connectivity index is 0. The topological polar surface area (TPSA) is 104 Å². The standard InChI is InChI=1S/2C12H28N2/c1-3-8-12(14)10-7-5-4-6-9-11(2)13;1-3-4-9-12(14)10-7-5-6-8-11(2)13/h2*11-12H,3-10,13-14H2,1-2H3. The molecule has 0 aliphatic rings. The third kappa shape index (κ3) is 28.1. The maximum Gasteiger partial charge on any atom is 0.00388 e. The molecule has 0 bridgehead atoms. The Bertz CT molecular complexity index is 282. The van der Waals surface area contributed by atoms with Crippen LogP contribution in [0.5, 0.6) is 0 Å². The number of nitrogens with two attached hydrogens (primary N) is 4. The summed E-state index contributed by atoms with van der Waals surface area (Å²) >= 11 is 0. The SMILES string of the molecule is CCCC(N)CCCCCCC(C)N.CCCCC(N)CCCCCC(C)N. The maximum atomic E-state index is 5.98. The second-order valence-corrected chi connectivity index (χ2v) is 9.04. The van der Waals surface area contributed by atoms with Gasteiger partial charge in [-0.25, -0.2) is 0 Å². The van der Waals surface area contributed by atoms with Crippen molar-refractivity contribution in [2.75, 3.05) is 0 Å². The first-order valence-electron chi connectivity index (χ1n) is 12.4. The van der Waals surface area contributed by atoms with Gasteiger partial charge in [0.2, 0.25) is 0 Å². The third-order valence-corrected chi connectivity index (χ3v) is 5.31. The Morgan fingerprint density at radius 2 is 0.786 bits per heavy atom. The lowest BCUT2D eigenvalue weighted by molar-refractivity contribution is 0.493. The van der Waals surface area contributed by atoms with Crippen molar-refractivity contribution < 1.29 is 0 Å². The summed E-state index contributed by atoms with van der Waals surface area (Å²) in [6.45, 7) is 8.57. The molecule has 0 radical (unpaired) electrons. The van der Waals surface area contributed by atoms with Crippen molar-refractivity contribution in [1.29, 1.82) is 0 Å². The quantitative estimate of drug-likeness (QED) is 0.225. The van der Waals surface area contributed by atoms with Gasteiger partial charge in [0.05, 0.1) is 0 Å². The van der Waals surface area contributed by atoms with Crippen LogP contribution in [0.3, 0.4) is 0 Å². The summed E-state index contributed by atoms with van der Waals surface area (Å²) in [7, 11) is 0. The average molecular weight is 401 g/mol. The first kappa shape index (κ1) is 30.0. The molecule has 4 atom stereocenters. The first-order valence-corrected chi connectivity index (χ1v) is 12.4. The van der Waals surface area contributed by atoms with Gasteiger partial charge in [0.15, 0.2) is 0 Å². The van der Waals surface area contributed by atoms with Crippen molar-refractivity contribution >= 4 is 0 Å². The number of hydrogen-bond acceptors (Lipinski definition) is 4. The second kappa shape index (κ2) is 23.1. The van der Waals surface area contributed by atoms with Crippen LogP contribution in [0, 0.1) is 0 Å². The van der Waals surface area contributed by atoms with Gasteiger partial charge >= 0.3 is 0 Å². The van der Waals surface area contributed by atoms with E-state index in [0.717, 1.165) is 6.42 Å². The molecule has 0 aromatic rings. The molecular formula is C24H56N4. The second-order valence-electron chi connectivity index (χ2n) is 9.04. The molecule has 0 aliphatic carbocycles. The highest BCUT2D eigenvalue weighted by Gasteiger charge is 2.02. The van der Waals surface area contributed by atoms with Crippen molar-refractivity contribution in [2.45, 2.75) is 155 Å². The van der Waals surface area contributed by atoms with Crippen LogP contribution in [0.15, 0.2) is 0 Å². The highest BCUT2D eigenvalue weighted by molar-refractivity contribution is 4.62. The molecule has 0 rings (SSSR count). The molecular weight excluding hydrogens is 344 g/mol. The van der Waals surface area contributed by atoms with Crippen LogP contribution in [0.4, 0.5) is 0 Å². The van der Waals surface area contributed by atoms with E-state index in [9.17, 15) is 0 Å². The normalized spacial score (nSPS) is 15.4. The van der Waals surface area contributed by atoms with E-state index < -0.39 is 0 Å². The molecule has 172 valence electrons. The van der Waals surface area contributed by atoms with E-state index in [1.54, 1.807) is 0 Å². The van der Waals surface area contributed by atoms with Crippen LogP contribution in [-0.4, -0.2) is 24.2 Å². The zero-order chi connectivity index (χ0) is 21.6. The van der Waals surface area contributed by atoms with Crippen LogP contribution < -0.4 is 22.9 Å². The molecule has 0 fully saturated rings. The molecule has 0 aliphatic heterocycles. The van der Waals surface area contributed by atoms with Crippen molar-refractivity contribution in [3.63, 3.8) is 0 Å². The van der Waals surface area contributed by atoms with E-state index in [0.29, 0.717) is 24.2 Å². The Morgan fingerprint density at radius 3 is 1.18 bits per heavy atom. The largest absolute Gasteiger partial charge is 0.328 e. The molecule has 0 heterocycles. The van der Waals surface area contributed by atoms with Crippen molar-refractivity contribution in [1.82, 2.24) is 0 Å². The van der Waals surface area contributed by atoms with Crippen LogP contribution in [-0.2, 0) is 0 Å². The summed E-state index contributed by atoms with van der Waals surface area (Å²) in [5, 5.41) is 0. The molecule has 0 spiro atoms. The van der Waals surface area contributed by atoms with Gasteiger partial charge in [-0.1, -0.05) is 78.1 Å². The summed E-state index contributed by atoms with van der Waals surface area (Å²) in [6, 6.07) is 1.61. The summed E-state index contributed by atoms with van der Waals surface area (Å²) in [5.74, 6) is 0. The molecule has 0 aromatic carbocycles. The van der Waals surface area contributed by atoms with E-state index in [-0.39, 0.29) is 0 Å². The summed E-state index contributed by atoms with van der Waals surface area (Å²) < 4.78 is 0. The highest BCUT2D eigenvalue weighted by atomic mass is 14.6. The Hall–Kier alpha value is -0.160. The Labute approximate surface area is 177 Å². The van der Waals surface area contributed by atoms with Gasteiger partial charge in [-0.15, -0.1) is 0 Å². The Kier molecular flexibility index (Phi) is 24.8. The molecule has 0 amide bonds. The zero-order valence-corrected chi connectivity index (χ0v) is 19.9. The number of hydrogen-bond donors (Lipinski definition) is 4. The van der Waals surface area contributed by atoms with Gasteiger partial charge in [-0.05, 0) is 52.4 Å². The molecule has 0 aromatic heterocycles. The van der Waals surface area contributed by atoms with Gasteiger partial charge in [0, 0.05) is 24.2 Å². The molecule has 4 nitrogen and oxygen atoms in total. The highest BCUT2D eigenvalue weighted by Crippen LogP contribution is 2.10. The number of rotatable bonds is 18. The van der Waals surface area contributed by atoms with Crippen LogP contribution in [0.25, 0.3) is 0 Å². The minimum absolute atomic E-state index is 0.365.